The number of aliphatic hydroxyl groups is 2. The van der Waals surface area contributed by atoms with Crippen molar-refractivity contribution < 1.29 is 10.2 Å². The van der Waals surface area contributed by atoms with Gasteiger partial charge in [0.15, 0.2) is 0 Å². The zero-order valence-electron chi connectivity index (χ0n) is 10.9. The van der Waals surface area contributed by atoms with Crippen molar-refractivity contribution in [1.29, 1.82) is 0 Å². The first-order chi connectivity index (χ1) is 9.76. The monoisotopic (exact) mass is 293 g/mol. The predicted octanol–water partition coefficient (Wildman–Crippen LogP) is 1.59. The molecular weight excluding hydrogens is 278 g/mol. The van der Waals surface area contributed by atoms with Gasteiger partial charge in [-0.15, -0.1) is 0 Å². The average molecular weight is 294 g/mol. The van der Waals surface area contributed by atoms with Crippen molar-refractivity contribution in [1.82, 2.24) is 9.97 Å². The minimum absolute atomic E-state index is 0.0281. The van der Waals surface area contributed by atoms with Gasteiger partial charge in [-0.2, -0.15) is 0 Å². The Kier molecular flexibility index (Phi) is 5.29. The van der Waals surface area contributed by atoms with E-state index in [0.717, 1.165) is 5.56 Å². The van der Waals surface area contributed by atoms with Crippen LogP contribution in [0.3, 0.4) is 0 Å². The number of halogens is 1. The summed E-state index contributed by atoms with van der Waals surface area (Å²) in [6.07, 6.45) is 1.64. The van der Waals surface area contributed by atoms with E-state index in [0.29, 0.717) is 29.8 Å². The van der Waals surface area contributed by atoms with Crippen molar-refractivity contribution in [3.63, 3.8) is 0 Å². The topological polar surface area (TPSA) is 69.5 Å². The maximum Gasteiger partial charge on any atom is 0.226 e. The molecule has 0 bridgehead atoms. The van der Waals surface area contributed by atoms with E-state index in [1.807, 2.05) is 18.2 Å². The van der Waals surface area contributed by atoms with Crippen LogP contribution in [0.1, 0.15) is 0 Å². The van der Waals surface area contributed by atoms with E-state index in [4.69, 9.17) is 21.8 Å². The Morgan fingerprint density at radius 3 is 2.40 bits per heavy atom. The summed E-state index contributed by atoms with van der Waals surface area (Å²) in [5.74, 6) is 0.463. The van der Waals surface area contributed by atoms with Gasteiger partial charge < -0.3 is 15.1 Å². The first-order valence-electron chi connectivity index (χ1n) is 6.31. The molecule has 0 fully saturated rings. The van der Waals surface area contributed by atoms with Crippen molar-refractivity contribution in [2.24, 2.45) is 0 Å². The zero-order valence-corrected chi connectivity index (χ0v) is 11.7. The van der Waals surface area contributed by atoms with Gasteiger partial charge in [-0.05, 0) is 12.1 Å². The van der Waals surface area contributed by atoms with Crippen molar-refractivity contribution in [3.8, 4) is 11.3 Å². The molecule has 2 rings (SSSR count). The van der Waals surface area contributed by atoms with Gasteiger partial charge in [-0.25, -0.2) is 9.97 Å². The molecule has 1 aromatic heterocycles. The van der Waals surface area contributed by atoms with Gasteiger partial charge in [0.1, 0.15) is 0 Å². The average Bonchev–Trinajstić information content (AvgIpc) is 2.48. The maximum absolute atomic E-state index is 9.06. The van der Waals surface area contributed by atoms with E-state index in [2.05, 4.69) is 9.97 Å². The molecule has 0 aliphatic heterocycles. The summed E-state index contributed by atoms with van der Waals surface area (Å²) in [5, 5.41) is 18.7. The van der Waals surface area contributed by atoms with Crippen LogP contribution in [0.25, 0.3) is 11.3 Å². The van der Waals surface area contributed by atoms with Gasteiger partial charge >= 0.3 is 0 Å². The third kappa shape index (κ3) is 3.45. The minimum atomic E-state index is -0.0281. The Morgan fingerprint density at radius 1 is 1.05 bits per heavy atom. The van der Waals surface area contributed by atoms with Crippen molar-refractivity contribution >= 4 is 17.5 Å². The van der Waals surface area contributed by atoms with Gasteiger partial charge in [0.2, 0.25) is 5.95 Å². The third-order valence-corrected chi connectivity index (χ3v) is 3.14. The second kappa shape index (κ2) is 7.19. The lowest BCUT2D eigenvalue weighted by molar-refractivity contribution is 0.280. The van der Waals surface area contributed by atoms with Crippen molar-refractivity contribution in [2.75, 3.05) is 31.2 Å². The standard InChI is InChI=1S/C14H16ClN3O2/c15-12-4-2-1-3-11(12)13-5-6-16-14(17-13)18(7-9-19)8-10-20/h1-6,19-20H,7-10H2. The Hall–Kier alpha value is -1.69. The number of anilines is 1. The molecule has 0 radical (unpaired) electrons. The van der Waals surface area contributed by atoms with Crippen LogP contribution < -0.4 is 4.90 Å². The van der Waals surface area contributed by atoms with E-state index in [-0.39, 0.29) is 13.2 Å². The lowest BCUT2D eigenvalue weighted by Gasteiger charge is -2.20. The lowest BCUT2D eigenvalue weighted by Crippen LogP contribution is -2.31. The van der Waals surface area contributed by atoms with Gasteiger partial charge in [0.25, 0.3) is 0 Å². The number of hydrogen-bond acceptors (Lipinski definition) is 5. The number of rotatable bonds is 6. The lowest BCUT2D eigenvalue weighted by atomic mass is 10.1. The molecule has 0 spiro atoms. The summed E-state index contributed by atoms with van der Waals surface area (Å²) in [6.45, 7) is 0.679. The Balaban J connectivity index is 2.34. The summed E-state index contributed by atoms with van der Waals surface area (Å²) in [4.78, 5) is 10.4. The van der Waals surface area contributed by atoms with Crippen molar-refractivity contribution in [2.45, 2.75) is 0 Å². The highest BCUT2D eigenvalue weighted by Gasteiger charge is 2.11. The number of hydrogen-bond donors (Lipinski definition) is 2. The summed E-state index contributed by atoms with van der Waals surface area (Å²) in [5.41, 5.74) is 1.53. The number of benzene rings is 1. The third-order valence-electron chi connectivity index (χ3n) is 2.82. The highest BCUT2D eigenvalue weighted by atomic mass is 35.5. The number of aliphatic hydroxyl groups excluding tert-OH is 2. The molecule has 0 aliphatic carbocycles. The van der Waals surface area contributed by atoms with E-state index < -0.39 is 0 Å². The molecule has 2 N–H and O–H groups in total. The van der Waals surface area contributed by atoms with Crippen LogP contribution >= 0.6 is 11.6 Å². The highest BCUT2D eigenvalue weighted by Crippen LogP contribution is 2.26. The van der Waals surface area contributed by atoms with Crippen LogP contribution in [-0.4, -0.2) is 46.5 Å². The molecule has 0 saturated heterocycles. The second-order valence-electron chi connectivity index (χ2n) is 4.16. The van der Waals surface area contributed by atoms with E-state index in [1.54, 1.807) is 23.2 Å². The van der Waals surface area contributed by atoms with Crippen LogP contribution in [-0.2, 0) is 0 Å². The molecule has 0 aliphatic rings. The zero-order chi connectivity index (χ0) is 14.4. The fraction of sp³-hybridized carbons (Fsp3) is 0.286. The van der Waals surface area contributed by atoms with Crippen LogP contribution in [0.5, 0.6) is 0 Å². The van der Waals surface area contributed by atoms with Crippen LogP contribution in [0.2, 0.25) is 5.02 Å². The summed E-state index contributed by atoms with van der Waals surface area (Å²) >= 11 is 6.16. The highest BCUT2D eigenvalue weighted by molar-refractivity contribution is 6.33. The van der Waals surface area contributed by atoms with Gasteiger partial charge in [-0.1, -0.05) is 29.8 Å². The molecule has 106 valence electrons. The fourth-order valence-corrected chi connectivity index (χ4v) is 2.11. The van der Waals surface area contributed by atoms with Crippen LogP contribution in [0.15, 0.2) is 36.5 Å². The first-order valence-corrected chi connectivity index (χ1v) is 6.68. The first kappa shape index (κ1) is 14.7. The molecule has 1 aromatic carbocycles. The quantitative estimate of drug-likeness (QED) is 0.846. The Bertz CT molecular complexity index is 560. The van der Waals surface area contributed by atoms with Crippen LogP contribution in [0, 0.1) is 0 Å². The normalized spacial score (nSPS) is 10.6. The largest absolute Gasteiger partial charge is 0.395 e. The SMILES string of the molecule is OCCN(CCO)c1nccc(-c2ccccc2Cl)n1. The van der Waals surface area contributed by atoms with Crippen LogP contribution in [0.4, 0.5) is 5.95 Å². The van der Waals surface area contributed by atoms with E-state index >= 15 is 0 Å². The molecule has 0 amide bonds. The Labute approximate surface area is 122 Å². The molecule has 0 atom stereocenters. The molecule has 6 heteroatoms. The summed E-state index contributed by atoms with van der Waals surface area (Å²) < 4.78 is 0. The van der Waals surface area contributed by atoms with Gasteiger partial charge in [0, 0.05) is 29.9 Å². The van der Waals surface area contributed by atoms with Gasteiger partial charge in [0.05, 0.1) is 18.9 Å². The van der Waals surface area contributed by atoms with Gasteiger partial charge in [-0.3, -0.25) is 0 Å². The second-order valence-corrected chi connectivity index (χ2v) is 4.56. The number of aromatic nitrogens is 2. The fourth-order valence-electron chi connectivity index (χ4n) is 1.87. The molecule has 0 saturated carbocycles. The molecular formula is C14H16ClN3O2. The predicted molar refractivity (Wildman–Crippen MR) is 78.9 cm³/mol. The summed E-state index contributed by atoms with van der Waals surface area (Å²) in [6, 6.07) is 9.22. The number of nitrogens with zero attached hydrogens (tertiary/aromatic N) is 3. The smallest absolute Gasteiger partial charge is 0.226 e. The molecule has 2 aromatic rings. The van der Waals surface area contributed by atoms with Crippen molar-refractivity contribution in [3.05, 3.63) is 41.6 Å². The molecule has 0 unspecified atom stereocenters. The molecule has 1 heterocycles. The molecule has 20 heavy (non-hydrogen) atoms. The maximum atomic E-state index is 9.06. The van der Waals surface area contributed by atoms with E-state index in [1.165, 1.54) is 0 Å². The van der Waals surface area contributed by atoms with E-state index in [9.17, 15) is 0 Å². The summed E-state index contributed by atoms with van der Waals surface area (Å²) in [7, 11) is 0. The Morgan fingerprint density at radius 2 is 1.75 bits per heavy atom. The molecule has 5 nitrogen and oxygen atoms in total. The minimum Gasteiger partial charge on any atom is -0.395 e.